The van der Waals surface area contributed by atoms with Gasteiger partial charge in [-0.3, -0.25) is 4.79 Å². The van der Waals surface area contributed by atoms with Gasteiger partial charge in [0.15, 0.2) is 10.3 Å². The van der Waals surface area contributed by atoms with Crippen LogP contribution in [0.15, 0.2) is 0 Å². The number of alkyl halides is 2. The summed E-state index contributed by atoms with van der Waals surface area (Å²) in [5.74, 6) is 0.115. The van der Waals surface area contributed by atoms with Crippen LogP contribution >= 0.6 is 31.9 Å². The second kappa shape index (κ2) is 3.76. The molecule has 0 amide bonds. The molecule has 2 nitrogen and oxygen atoms in total. The Morgan fingerprint density at radius 1 is 1.67 bits per heavy atom. The largest absolute Gasteiger partial charge is 0.355 e. The van der Waals surface area contributed by atoms with Gasteiger partial charge in [-0.15, -0.1) is 0 Å². The van der Waals surface area contributed by atoms with E-state index < -0.39 is 4.51 Å². The van der Waals surface area contributed by atoms with E-state index in [1.54, 1.807) is 0 Å². The first-order valence-electron chi connectivity index (χ1n) is 3.99. The summed E-state index contributed by atoms with van der Waals surface area (Å²) >= 11 is 6.80. The van der Waals surface area contributed by atoms with Gasteiger partial charge in [-0.05, 0) is 22.4 Å². The van der Waals surface area contributed by atoms with Crippen LogP contribution in [0.25, 0.3) is 0 Å². The van der Waals surface area contributed by atoms with Gasteiger partial charge in [0.1, 0.15) is 0 Å². The van der Waals surface area contributed by atoms with Gasteiger partial charge in [-0.1, -0.05) is 29.8 Å². The smallest absolute Gasteiger partial charge is 0.193 e. The Morgan fingerprint density at radius 2 is 2.25 bits per heavy atom. The molecular formula is C8H12Br2O2. The molecule has 12 heavy (non-hydrogen) atoms. The quantitative estimate of drug-likeness (QED) is 0.732. The molecular weight excluding hydrogens is 288 g/mol. The highest BCUT2D eigenvalue weighted by molar-refractivity contribution is 9.12. The zero-order valence-electron chi connectivity index (χ0n) is 7.14. The standard InChI is InChI=1S/C8H12Br2O2/c1-5(2)7(11)8(10)6(9)3-4-12-8/h5-6H,3-4H2,1-2H3. The van der Waals surface area contributed by atoms with Crippen LogP contribution in [-0.2, 0) is 9.53 Å². The van der Waals surface area contributed by atoms with Crippen LogP contribution in [0.3, 0.4) is 0 Å². The maximum atomic E-state index is 11.7. The minimum atomic E-state index is -0.777. The van der Waals surface area contributed by atoms with Crippen molar-refractivity contribution < 1.29 is 9.53 Å². The zero-order chi connectivity index (χ0) is 9.35. The number of carbonyl (C=O) groups is 1. The molecule has 1 fully saturated rings. The monoisotopic (exact) mass is 298 g/mol. The van der Waals surface area contributed by atoms with Gasteiger partial charge < -0.3 is 4.74 Å². The van der Waals surface area contributed by atoms with Gasteiger partial charge in [-0.2, -0.15) is 0 Å². The van der Waals surface area contributed by atoms with E-state index in [0.717, 1.165) is 6.42 Å². The van der Waals surface area contributed by atoms with Crippen LogP contribution in [0.1, 0.15) is 20.3 Å². The number of halogens is 2. The highest BCUT2D eigenvalue weighted by Gasteiger charge is 2.47. The first-order chi connectivity index (χ1) is 5.48. The summed E-state index contributed by atoms with van der Waals surface area (Å²) in [6, 6.07) is 0. The third-order valence-electron chi connectivity index (χ3n) is 1.95. The minimum absolute atomic E-state index is 0.00234. The van der Waals surface area contributed by atoms with Gasteiger partial charge in [0.25, 0.3) is 0 Å². The molecule has 0 aromatic rings. The van der Waals surface area contributed by atoms with Gasteiger partial charge in [-0.25, -0.2) is 0 Å². The second-order valence-electron chi connectivity index (χ2n) is 3.27. The van der Waals surface area contributed by atoms with Crippen molar-refractivity contribution in [3.8, 4) is 0 Å². The van der Waals surface area contributed by atoms with E-state index in [-0.39, 0.29) is 16.5 Å². The van der Waals surface area contributed by atoms with E-state index in [1.807, 2.05) is 13.8 Å². The molecule has 70 valence electrons. The van der Waals surface area contributed by atoms with Crippen molar-refractivity contribution in [2.45, 2.75) is 29.6 Å². The third kappa shape index (κ3) is 1.75. The first-order valence-corrected chi connectivity index (χ1v) is 5.70. The van der Waals surface area contributed by atoms with Gasteiger partial charge in [0.05, 0.1) is 11.4 Å². The summed E-state index contributed by atoms with van der Waals surface area (Å²) in [5.41, 5.74) is 0. The Morgan fingerprint density at radius 3 is 2.58 bits per heavy atom. The van der Waals surface area contributed by atoms with Gasteiger partial charge in [0.2, 0.25) is 0 Å². The lowest BCUT2D eigenvalue weighted by molar-refractivity contribution is -0.132. The van der Waals surface area contributed by atoms with Crippen molar-refractivity contribution in [1.82, 2.24) is 0 Å². The fraction of sp³-hybridized carbons (Fsp3) is 0.875. The lowest BCUT2D eigenvalue weighted by atomic mass is 10.0. The first kappa shape index (κ1) is 10.7. The summed E-state index contributed by atoms with van der Waals surface area (Å²) in [5, 5.41) is 0. The van der Waals surface area contributed by atoms with Crippen LogP contribution < -0.4 is 0 Å². The Hall–Kier alpha value is 0.590. The van der Waals surface area contributed by atoms with Crippen LogP contribution in [0.2, 0.25) is 0 Å². The van der Waals surface area contributed by atoms with Crippen molar-refractivity contribution >= 4 is 37.6 Å². The summed E-state index contributed by atoms with van der Waals surface area (Å²) in [6.07, 6.45) is 0.879. The molecule has 0 aromatic carbocycles. The van der Waals surface area contributed by atoms with E-state index >= 15 is 0 Å². The topological polar surface area (TPSA) is 26.3 Å². The Bertz CT molecular complexity index is 193. The number of hydrogen-bond acceptors (Lipinski definition) is 2. The van der Waals surface area contributed by atoms with Crippen molar-refractivity contribution in [2.75, 3.05) is 6.61 Å². The number of carbonyl (C=O) groups excluding carboxylic acids is 1. The molecule has 0 aromatic heterocycles. The van der Waals surface area contributed by atoms with E-state index in [9.17, 15) is 4.79 Å². The lowest BCUT2D eigenvalue weighted by Crippen LogP contribution is -2.40. The molecule has 1 heterocycles. The van der Waals surface area contributed by atoms with Gasteiger partial charge >= 0.3 is 0 Å². The van der Waals surface area contributed by atoms with E-state index in [0.29, 0.717) is 6.61 Å². The highest BCUT2D eigenvalue weighted by Crippen LogP contribution is 2.39. The number of ketones is 1. The van der Waals surface area contributed by atoms with E-state index in [2.05, 4.69) is 31.9 Å². The van der Waals surface area contributed by atoms with Crippen LogP contribution in [0, 0.1) is 5.92 Å². The SMILES string of the molecule is CC(C)C(=O)C1(Br)OCCC1Br. The van der Waals surface area contributed by atoms with Crippen molar-refractivity contribution in [3.63, 3.8) is 0 Å². The molecule has 1 rings (SSSR count). The van der Waals surface area contributed by atoms with E-state index in [4.69, 9.17) is 4.74 Å². The van der Waals surface area contributed by atoms with Crippen molar-refractivity contribution in [3.05, 3.63) is 0 Å². The lowest BCUT2D eigenvalue weighted by Gasteiger charge is -2.24. The third-order valence-corrected chi connectivity index (χ3v) is 4.84. The highest BCUT2D eigenvalue weighted by atomic mass is 79.9. The number of hydrogen-bond donors (Lipinski definition) is 0. The molecule has 0 N–H and O–H groups in total. The average Bonchev–Trinajstić information content (AvgIpc) is 2.32. The fourth-order valence-corrected chi connectivity index (χ4v) is 2.60. The minimum Gasteiger partial charge on any atom is -0.355 e. The summed E-state index contributed by atoms with van der Waals surface area (Å²) in [6.45, 7) is 4.40. The summed E-state index contributed by atoms with van der Waals surface area (Å²) < 4.78 is 4.62. The molecule has 0 bridgehead atoms. The zero-order valence-corrected chi connectivity index (χ0v) is 10.3. The normalized spacial score (nSPS) is 35.9. The molecule has 1 aliphatic heterocycles. The Balaban J connectivity index is 2.77. The molecule has 0 spiro atoms. The fourth-order valence-electron chi connectivity index (χ4n) is 1.21. The molecule has 1 saturated heterocycles. The van der Waals surface area contributed by atoms with Crippen molar-refractivity contribution in [1.29, 1.82) is 0 Å². The van der Waals surface area contributed by atoms with Crippen molar-refractivity contribution in [2.24, 2.45) is 5.92 Å². The summed E-state index contributed by atoms with van der Waals surface area (Å²) in [7, 11) is 0. The van der Waals surface area contributed by atoms with Crippen LogP contribution in [0.5, 0.6) is 0 Å². The predicted molar refractivity (Wildman–Crippen MR) is 54.8 cm³/mol. The van der Waals surface area contributed by atoms with Crippen LogP contribution in [0.4, 0.5) is 0 Å². The molecule has 0 saturated carbocycles. The molecule has 0 aliphatic carbocycles. The maximum absolute atomic E-state index is 11.7. The number of Topliss-reactive ketones (excluding diaryl/α,β-unsaturated/α-hetero) is 1. The molecule has 2 unspecified atom stereocenters. The van der Waals surface area contributed by atoms with Gasteiger partial charge in [0, 0.05) is 5.92 Å². The molecule has 2 atom stereocenters. The Labute approximate surface area is 89.3 Å². The number of rotatable bonds is 2. The average molecular weight is 300 g/mol. The molecule has 0 radical (unpaired) electrons. The number of ether oxygens (including phenoxy) is 1. The molecule has 1 aliphatic rings. The van der Waals surface area contributed by atoms with E-state index in [1.165, 1.54) is 0 Å². The summed E-state index contributed by atoms with van der Waals surface area (Å²) in [4.78, 5) is 11.8. The second-order valence-corrected chi connectivity index (χ2v) is 5.55. The maximum Gasteiger partial charge on any atom is 0.193 e. The van der Waals surface area contributed by atoms with Crippen LogP contribution in [-0.4, -0.2) is 21.7 Å². The predicted octanol–water partition coefficient (Wildman–Crippen LogP) is 2.49. The Kier molecular flexibility index (Phi) is 3.34. The molecule has 4 heteroatoms.